The highest BCUT2D eigenvalue weighted by molar-refractivity contribution is 8.14. The summed E-state index contributed by atoms with van der Waals surface area (Å²) < 4.78 is -0.129. The second kappa shape index (κ2) is 6.98. The van der Waals surface area contributed by atoms with Gasteiger partial charge in [-0.15, -0.1) is 6.42 Å². The molecule has 0 aliphatic heterocycles. The fourth-order valence-corrected chi connectivity index (χ4v) is 2.32. The molecule has 2 atom stereocenters. The summed E-state index contributed by atoms with van der Waals surface area (Å²) in [5.41, 5.74) is 0. The van der Waals surface area contributed by atoms with E-state index in [1.165, 1.54) is 11.8 Å². The highest BCUT2D eigenvalue weighted by Crippen LogP contribution is 2.30. The first kappa shape index (κ1) is 15.5. The second-order valence-corrected chi connectivity index (χ2v) is 6.72. The molecule has 0 radical (unpaired) electrons. The number of hydrogen-bond acceptors (Lipinski definition) is 3. The lowest BCUT2D eigenvalue weighted by atomic mass is 9.98. The van der Waals surface area contributed by atoms with Gasteiger partial charge in [-0.3, -0.25) is 4.79 Å². The minimum Gasteiger partial charge on any atom is -0.380 e. The lowest BCUT2D eigenvalue weighted by Gasteiger charge is -2.22. The first-order valence-electron chi connectivity index (χ1n) is 5.69. The van der Waals surface area contributed by atoms with Crippen LogP contribution in [0, 0.1) is 18.3 Å². The maximum Gasteiger partial charge on any atom is 0.196 e. The molecule has 0 bridgehead atoms. The molecule has 0 aliphatic rings. The number of unbranched alkanes of at least 4 members (excludes halogenated alkanes) is 1. The Kier molecular flexibility index (Phi) is 6.78. The number of aliphatic hydroxyl groups excluding tert-OH is 1. The van der Waals surface area contributed by atoms with Gasteiger partial charge in [0.15, 0.2) is 5.12 Å². The van der Waals surface area contributed by atoms with Crippen LogP contribution in [0.4, 0.5) is 0 Å². The third kappa shape index (κ3) is 6.19. The van der Waals surface area contributed by atoms with Gasteiger partial charge in [-0.1, -0.05) is 58.2 Å². The molecule has 3 heteroatoms. The summed E-state index contributed by atoms with van der Waals surface area (Å²) >= 11 is 1.26. The van der Waals surface area contributed by atoms with Crippen molar-refractivity contribution in [3.05, 3.63) is 0 Å². The summed E-state index contributed by atoms with van der Waals surface area (Å²) in [7, 11) is 0. The zero-order valence-corrected chi connectivity index (χ0v) is 11.4. The fraction of sp³-hybridized carbons (Fsp3) is 0.769. The number of aliphatic hydroxyl groups is 1. The molecule has 1 N–H and O–H groups in total. The molecule has 0 unspecified atom stereocenters. The SMILES string of the molecule is C#C[C@H](O)[C@@H](CCCC)C(=O)SC(C)(C)C. The molecule has 0 aliphatic carbocycles. The average molecular weight is 242 g/mol. The van der Waals surface area contributed by atoms with Gasteiger partial charge in [0.2, 0.25) is 0 Å². The maximum atomic E-state index is 12.0. The Labute approximate surface area is 103 Å². The first-order chi connectivity index (χ1) is 7.31. The molecule has 16 heavy (non-hydrogen) atoms. The molecule has 0 saturated carbocycles. The number of terminal acetylenes is 1. The Morgan fingerprint density at radius 3 is 2.44 bits per heavy atom. The highest BCUT2D eigenvalue weighted by Gasteiger charge is 2.28. The van der Waals surface area contributed by atoms with Crippen LogP contribution in [0.15, 0.2) is 0 Å². The lowest BCUT2D eigenvalue weighted by Crippen LogP contribution is -2.28. The average Bonchev–Trinajstić information content (AvgIpc) is 2.15. The van der Waals surface area contributed by atoms with Crippen molar-refractivity contribution in [3.8, 4) is 12.3 Å². The van der Waals surface area contributed by atoms with E-state index in [1.807, 2.05) is 20.8 Å². The van der Waals surface area contributed by atoms with E-state index in [2.05, 4.69) is 12.8 Å². The summed E-state index contributed by atoms with van der Waals surface area (Å²) in [6.07, 6.45) is 6.82. The molecule has 92 valence electrons. The Balaban J connectivity index is 4.51. The third-order valence-corrected chi connectivity index (χ3v) is 3.25. The van der Waals surface area contributed by atoms with Crippen LogP contribution in [0.5, 0.6) is 0 Å². The van der Waals surface area contributed by atoms with Crippen LogP contribution in [0.2, 0.25) is 0 Å². The van der Waals surface area contributed by atoms with Crippen LogP contribution in [0.25, 0.3) is 0 Å². The Morgan fingerprint density at radius 2 is 2.06 bits per heavy atom. The van der Waals surface area contributed by atoms with E-state index >= 15 is 0 Å². The van der Waals surface area contributed by atoms with Gasteiger partial charge < -0.3 is 5.11 Å². The summed E-state index contributed by atoms with van der Waals surface area (Å²) in [4.78, 5) is 12.0. The van der Waals surface area contributed by atoms with Gasteiger partial charge in [0.25, 0.3) is 0 Å². The zero-order chi connectivity index (χ0) is 12.8. The fourth-order valence-electron chi connectivity index (χ4n) is 1.32. The predicted molar refractivity (Wildman–Crippen MR) is 70.2 cm³/mol. The van der Waals surface area contributed by atoms with E-state index in [-0.39, 0.29) is 9.86 Å². The van der Waals surface area contributed by atoms with Crippen LogP contribution < -0.4 is 0 Å². The minimum absolute atomic E-state index is 0.00593. The maximum absolute atomic E-state index is 12.0. The summed E-state index contributed by atoms with van der Waals surface area (Å²) in [5, 5.41) is 9.65. The van der Waals surface area contributed by atoms with Crippen molar-refractivity contribution >= 4 is 16.9 Å². The monoisotopic (exact) mass is 242 g/mol. The van der Waals surface area contributed by atoms with Gasteiger partial charge >= 0.3 is 0 Å². The van der Waals surface area contributed by atoms with E-state index in [9.17, 15) is 9.90 Å². The Bertz CT molecular complexity index is 260. The highest BCUT2D eigenvalue weighted by atomic mass is 32.2. The lowest BCUT2D eigenvalue weighted by molar-refractivity contribution is -0.116. The number of thioether (sulfide) groups is 1. The molecular formula is C13H22O2S. The molecule has 0 rings (SSSR count). The number of rotatable bonds is 5. The van der Waals surface area contributed by atoms with Crippen LogP contribution in [-0.4, -0.2) is 21.1 Å². The smallest absolute Gasteiger partial charge is 0.196 e. The van der Waals surface area contributed by atoms with Crippen LogP contribution in [0.3, 0.4) is 0 Å². The predicted octanol–water partition coefficient (Wildman–Crippen LogP) is 2.85. The summed E-state index contributed by atoms with van der Waals surface area (Å²) in [6, 6.07) is 0. The topological polar surface area (TPSA) is 37.3 Å². The molecule has 0 aromatic carbocycles. The number of carbonyl (C=O) groups excluding carboxylic acids is 1. The van der Waals surface area contributed by atoms with Crippen LogP contribution >= 0.6 is 11.8 Å². The van der Waals surface area contributed by atoms with Gasteiger partial charge in [0, 0.05) is 4.75 Å². The quantitative estimate of drug-likeness (QED) is 0.753. The van der Waals surface area contributed by atoms with Gasteiger partial charge in [0.05, 0.1) is 5.92 Å². The molecule has 0 spiro atoms. The van der Waals surface area contributed by atoms with E-state index < -0.39 is 12.0 Å². The van der Waals surface area contributed by atoms with Crippen molar-refractivity contribution in [2.45, 2.75) is 57.8 Å². The van der Waals surface area contributed by atoms with Gasteiger partial charge in [0.1, 0.15) is 6.10 Å². The number of carbonyl (C=O) groups is 1. The summed E-state index contributed by atoms with van der Waals surface area (Å²) in [5.74, 6) is 1.84. The van der Waals surface area contributed by atoms with Crippen molar-refractivity contribution in [2.24, 2.45) is 5.92 Å². The van der Waals surface area contributed by atoms with E-state index in [0.717, 1.165) is 12.8 Å². The van der Waals surface area contributed by atoms with Crippen molar-refractivity contribution < 1.29 is 9.90 Å². The molecule has 0 aromatic rings. The molecule has 0 fully saturated rings. The zero-order valence-electron chi connectivity index (χ0n) is 10.6. The molecule has 0 aromatic heterocycles. The molecular weight excluding hydrogens is 220 g/mol. The molecule has 0 saturated heterocycles. The van der Waals surface area contributed by atoms with E-state index in [1.54, 1.807) is 0 Å². The van der Waals surface area contributed by atoms with E-state index in [0.29, 0.717) is 6.42 Å². The normalized spacial score (nSPS) is 15.2. The molecule has 2 nitrogen and oxygen atoms in total. The number of hydrogen-bond donors (Lipinski definition) is 1. The van der Waals surface area contributed by atoms with Crippen LogP contribution in [-0.2, 0) is 4.79 Å². The van der Waals surface area contributed by atoms with E-state index in [4.69, 9.17) is 6.42 Å². The largest absolute Gasteiger partial charge is 0.380 e. The Hall–Kier alpha value is -0.460. The van der Waals surface area contributed by atoms with Gasteiger partial charge in [-0.2, -0.15) is 0 Å². The van der Waals surface area contributed by atoms with Gasteiger partial charge in [-0.05, 0) is 6.42 Å². The summed E-state index contributed by atoms with van der Waals surface area (Å²) in [6.45, 7) is 8.00. The second-order valence-electron chi connectivity index (χ2n) is 4.89. The third-order valence-electron chi connectivity index (χ3n) is 2.13. The molecule has 0 heterocycles. The van der Waals surface area contributed by atoms with Crippen LogP contribution in [0.1, 0.15) is 47.0 Å². The van der Waals surface area contributed by atoms with Crippen molar-refractivity contribution in [3.63, 3.8) is 0 Å². The Morgan fingerprint density at radius 1 is 1.50 bits per heavy atom. The van der Waals surface area contributed by atoms with Crippen molar-refractivity contribution in [1.29, 1.82) is 0 Å². The standard InChI is InChI=1S/C13H22O2S/c1-6-8-9-10(11(14)7-2)12(15)16-13(3,4)5/h2,10-11,14H,6,8-9H2,1,3-5H3/t10-,11+/m1/s1. The first-order valence-corrected chi connectivity index (χ1v) is 6.50. The van der Waals surface area contributed by atoms with Crippen molar-refractivity contribution in [2.75, 3.05) is 0 Å². The van der Waals surface area contributed by atoms with Gasteiger partial charge in [-0.25, -0.2) is 0 Å². The minimum atomic E-state index is -0.950. The molecule has 0 amide bonds. The van der Waals surface area contributed by atoms with Crippen molar-refractivity contribution in [1.82, 2.24) is 0 Å².